The Morgan fingerprint density at radius 2 is 1.88 bits per heavy atom. The highest BCUT2D eigenvalue weighted by atomic mass is 19.4. The van der Waals surface area contributed by atoms with Crippen LogP contribution in [0.5, 0.6) is 0 Å². The molecule has 0 N–H and O–H groups in total. The largest absolute Gasteiger partial charge is 0.416 e. The smallest absolute Gasteiger partial charge is 0.317 e. The Kier molecular flexibility index (Phi) is 7.83. The molecule has 1 saturated heterocycles. The number of benzene rings is 2. The van der Waals surface area contributed by atoms with E-state index in [-0.39, 0.29) is 23.5 Å². The molecule has 0 bridgehead atoms. The van der Waals surface area contributed by atoms with Crippen LogP contribution in [-0.4, -0.2) is 53.4 Å². The van der Waals surface area contributed by atoms with Crippen LogP contribution in [-0.2, 0) is 33.4 Å². The molecule has 2 aliphatic rings. The number of pyridine rings is 1. The van der Waals surface area contributed by atoms with Gasteiger partial charge in [-0.1, -0.05) is 6.92 Å². The molecule has 0 radical (unpaired) electrons. The molecule has 1 amide bonds. The van der Waals surface area contributed by atoms with Crippen LogP contribution < -0.4 is 4.90 Å². The minimum atomic E-state index is -4.65. The van der Waals surface area contributed by atoms with Crippen molar-refractivity contribution in [3.8, 4) is 39.8 Å². The first-order chi connectivity index (χ1) is 23.0. The number of fused-ring (bicyclic) bond motifs is 1. The van der Waals surface area contributed by atoms with Gasteiger partial charge in [0.25, 0.3) is 5.91 Å². The van der Waals surface area contributed by atoms with E-state index in [4.69, 9.17) is 4.98 Å². The third-order valence-electron chi connectivity index (χ3n) is 9.06. The van der Waals surface area contributed by atoms with Crippen LogP contribution in [0.4, 0.5) is 19.0 Å². The van der Waals surface area contributed by atoms with Gasteiger partial charge in [0.05, 0.1) is 35.6 Å². The molecular weight excluding hydrogens is 619 g/mol. The number of carbonyl (C=O) groups is 1. The second-order valence-corrected chi connectivity index (χ2v) is 12.7. The molecule has 13 heteroatoms. The number of aryl methyl sites for hydroxylation is 2. The molecule has 244 valence electrons. The number of alkyl halides is 3. The Morgan fingerprint density at radius 3 is 2.56 bits per heavy atom. The van der Waals surface area contributed by atoms with Crippen molar-refractivity contribution in [1.29, 1.82) is 5.26 Å². The van der Waals surface area contributed by atoms with Gasteiger partial charge in [0.15, 0.2) is 5.82 Å². The van der Waals surface area contributed by atoms with Crippen LogP contribution in [0.25, 0.3) is 33.8 Å². The fourth-order valence-electron chi connectivity index (χ4n) is 6.77. The standard InChI is InChI=1S/C35H32F3N9O/c1-21-5-4-8-46(16-21)17-23-10-28-29(30(11-23)35(36,37)38)19-47(34(28)48)32-13-24(12-31(42-32)25-15-41-45(3)18-25)27-9-22(14-39)6-7-26(27)33-43-40-20-44(33)2/h6-7,9-13,15,18,20-21H,4-5,8,16-17,19H2,1-3H3/t21-/m0/s1. The number of piperidine rings is 1. The fourth-order valence-corrected chi connectivity index (χ4v) is 6.77. The van der Waals surface area contributed by atoms with Crippen molar-refractivity contribution in [3.63, 3.8) is 0 Å². The van der Waals surface area contributed by atoms with Gasteiger partial charge in [0, 0.05) is 50.1 Å². The predicted octanol–water partition coefficient (Wildman–Crippen LogP) is 6.23. The number of halogens is 3. The Hall–Kier alpha value is -5.35. The van der Waals surface area contributed by atoms with Crippen molar-refractivity contribution in [3.05, 3.63) is 89.0 Å². The van der Waals surface area contributed by atoms with E-state index in [9.17, 15) is 23.2 Å². The van der Waals surface area contributed by atoms with Crippen LogP contribution in [0.2, 0.25) is 0 Å². The minimum absolute atomic E-state index is 0.0336. The molecule has 10 nitrogen and oxygen atoms in total. The van der Waals surface area contributed by atoms with Gasteiger partial charge in [0.1, 0.15) is 12.1 Å². The van der Waals surface area contributed by atoms with Gasteiger partial charge >= 0.3 is 6.18 Å². The highest BCUT2D eigenvalue weighted by molar-refractivity contribution is 6.10. The van der Waals surface area contributed by atoms with Crippen molar-refractivity contribution < 1.29 is 18.0 Å². The number of likely N-dealkylation sites (tertiary alicyclic amines) is 1. The zero-order chi connectivity index (χ0) is 33.7. The van der Waals surface area contributed by atoms with E-state index in [2.05, 4.69) is 33.2 Å². The van der Waals surface area contributed by atoms with E-state index in [0.29, 0.717) is 57.4 Å². The predicted molar refractivity (Wildman–Crippen MR) is 172 cm³/mol. The molecule has 0 saturated carbocycles. The highest BCUT2D eigenvalue weighted by Crippen LogP contribution is 2.41. The molecule has 5 heterocycles. The molecule has 0 aliphatic carbocycles. The van der Waals surface area contributed by atoms with Crippen molar-refractivity contribution in [2.45, 2.75) is 39.0 Å². The van der Waals surface area contributed by atoms with Crippen molar-refractivity contribution in [1.82, 2.24) is 34.4 Å². The van der Waals surface area contributed by atoms with E-state index >= 15 is 0 Å². The van der Waals surface area contributed by atoms with Gasteiger partial charge in [-0.15, -0.1) is 10.2 Å². The number of anilines is 1. The molecule has 48 heavy (non-hydrogen) atoms. The summed E-state index contributed by atoms with van der Waals surface area (Å²) in [5.74, 6) is 0.637. The van der Waals surface area contributed by atoms with Crippen molar-refractivity contribution in [2.75, 3.05) is 18.0 Å². The Balaban J connectivity index is 1.35. The maximum atomic E-state index is 14.6. The molecular formula is C35H32F3N9O. The lowest BCUT2D eigenvalue weighted by atomic mass is 9.96. The normalized spacial score (nSPS) is 16.7. The molecule has 1 atom stereocenters. The fraction of sp³-hybridized carbons (Fsp3) is 0.314. The van der Waals surface area contributed by atoms with Crippen LogP contribution in [0, 0.1) is 17.2 Å². The number of carbonyl (C=O) groups excluding carboxylic acids is 1. The second kappa shape index (κ2) is 12.0. The van der Waals surface area contributed by atoms with Gasteiger partial charge in [-0.2, -0.15) is 23.5 Å². The lowest BCUT2D eigenvalue weighted by molar-refractivity contribution is -0.138. The first-order valence-corrected chi connectivity index (χ1v) is 15.7. The summed E-state index contributed by atoms with van der Waals surface area (Å²) in [7, 11) is 3.56. The topological polar surface area (TPSA) is 109 Å². The Morgan fingerprint density at radius 1 is 1.04 bits per heavy atom. The van der Waals surface area contributed by atoms with Gasteiger partial charge in [-0.25, -0.2) is 4.98 Å². The van der Waals surface area contributed by atoms with Gasteiger partial charge in [-0.05, 0) is 90.0 Å². The number of aromatic nitrogens is 6. The molecule has 3 aromatic heterocycles. The molecule has 0 spiro atoms. The molecule has 7 rings (SSSR count). The zero-order valence-corrected chi connectivity index (χ0v) is 26.7. The summed E-state index contributed by atoms with van der Waals surface area (Å²) >= 11 is 0. The third-order valence-corrected chi connectivity index (χ3v) is 9.06. The Labute approximate surface area is 275 Å². The lowest BCUT2D eigenvalue weighted by Gasteiger charge is -2.31. The summed E-state index contributed by atoms with van der Waals surface area (Å²) < 4.78 is 47.1. The van der Waals surface area contributed by atoms with E-state index in [0.717, 1.165) is 25.9 Å². The van der Waals surface area contributed by atoms with E-state index in [1.807, 2.05) is 6.07 Å². The Bertz CT molecular complexity index is 2090. The van der Waals surface area contributed by atoms with E-state index < -0.39 is 17.6 Å². The molecule has 2 aromatic carbocycles. The quantitative estimate of drug-likeness (QED) is 0.214. The number of nitrogens with zero attached hydrogens (tertiary/aromatic N) is 9. The minimum Gasteiger partial charge on any atom is -0.317 e. The van der Waals surface area contributed by atoms with E-state index in [1.165, 1.54) is 11.0 Å². The van der Waals surface area contributed by atoms with Crippen molar-refractivity contribution in [2.24, 2.45) is 20.0 Å². The first kappa shape index (κ1) is 31.3. The average molecular weight is 652 g/mol. The summed E-state index contributed by atoms with van der Waals surface area (Å²) in [5.41, 5.74) is 3.02. The summed E-state index contributed by atoms with van der Waals surface area (Å²) in [4.78, 5) is 22.3. The summed E-state index contributed by atoms with van der Waals surface area (Å²) in [6.45, 7) is 3.80. The first-order valence-electron chi connectivity index (χ1n) is 15.7. The zero-order valence-electron chi connectivity index (χ0n) is 26.7. The summed E-state index contributed by atoms with van der Waals surface area (Å²) in [5, 5.41) is 22.3. The number of amides is 1. The molecule has 2 aliphatic heterocycles. The molecule has 1 fully saturated rings. The molecule has 0 unspecified atom stereocenters. The van der Waals surface area contributed by atoms with Gasteiger partial charge in [-0.3, -0.25) is 19.3 Å². The third kappa shape index (κ3) is 5.84. The number of hydrogen-bond donors (Lipinski definition) is 0. The van der Waals surface area contributed by atoms with Crippen LogP contribution in [0.15, 0.2) is 61.2 Å². The maximum absolute atomic E-state index is 14.6. The van der Waals surface area contributed by atoms with Crippen LogP contribution in [0.1, 0.15) is 52.4 Å². The maximum Gasteiger partial charge on any atom is 0.416 e. The highest BCUT2D eigenvalue weighted by Gasteiger charge is 2.41. The van der Waals surface area contributed by atoms with Crippen LogP contribution >= 0.6 is 0 Å². The SMILES string of the molecule is C[C@H]1CCCN(Cc2cc3c(c(C(F)(F)F)c2)CN(c2cc(-c4cc(C#N)ccc4-c4nncn4C)cc(-c4cnn(C)c4)n2)C3=O)C1. The number of nitriles is 1. The molecule has 5 aromatic rings. The van der Waals surface area contributed by atoms with Gasteiger partial charge in [0.2, 0.25) is 0 Å². The summed E-state index contributed by atoms with van der Waals surface area (Å²) in [6.07, 6.45) is 2.39. The van der Waals surface area contributed by atoms with E-state index in [1.54, 1.807) is 72.4 Å². The second-order valence-electron chi connectivity index (χ2n) is 12.7. The van der Waals surface area contributed by atoms with Crippen LogP contribution in [0.3, 0.4) is 0 Å². The van der Waals surface area contributed by atoms with Crippen molar-refractivity contribution >= 4 is 11.7 Å². The average Bonchev–Trinajstić information content (AvgIpc) is 3.78. The monoisotopic (exact) mass is 651 g/mol. The number of hydrogen-bond acceptors (Lipinski definition) is 7. The van der Waals surface area contributed by atoms with Gasteiger partial charge < -0.3 is 4.57 Å². The lowest BCUT2D eigenvalue weighted by Crippen LogP contribution is -2.33. The number of rotatable bonds is 6. The summed E-state index contributed by atoms with van der Waals surface area (Å²) in [6, 6.07) is 13.6.